The minimum absolute atomic E-state index is 0.0202. The molecule has 0 saturated heterocycles. The van der Waals surface area contributed by atoms with E-state index >= 15 is 0 Å². The predicted octanol–water partition coefficient (Wildman–Crippen LogP) is 24.5. The number of allylic oxidation sites excluding steroid dienone is 7. The summed E-state index contributed by atoms with van der Waals surface area (Å²) in [6.45, 7) is 6.89. The van der Waals surface area contributed by atoms with Gasteiger partial charge in [0.05, 0.1) is 33.8 Å². The number of hydrogen-bond acceptors (Lipinski definition) is 7. The summed E-state index contributed by atoms with van der Waals surface area (Å²) in [5.41, 5.74) is 0. The van der Waals surface area contributed by atoms with Crippen molar-refractivity contribution in [1.29, 1.82) is 0 Å². The maximum absolute atomic E-state index is 13.6. The highest BCUT2D eigenvalue weighted by atomic mass is 31.2. The topological polar surface area (TPSA) is 114 Å². The maximum Gasteiger partial charge on any atom is 0.306 e. The van der Waals surface area contributed by atoms with Crippen molar-refractivity contribution in [3.8, 4) is 0 Å². The van der Waals surface area contributed by atoms with Crippen molar-refractivity contribution in [1.82, 2.24) is 5.32 Å². The Morgan fingerprint density at radius 3 is 1.04 bits per heavy atom. The van der Waals surface area contributed by atoms with Gasteiger partial charge in [-0.05, 0) is 70.3 Å². The first-order chi connectivity index (χ1) is 43.4. The van der Waals surface area contributed by atoms with Gasteiger partial charge in [-0.25, -0.2) is 0 Å². The Morgan fingerprint density at radius 1 is 0.393 bits per heavy atom. The van der Waals surface area contributed by atoms with Gasteiger partial charge in [0.1, 0.15) is 19.3 Å². The van der Waals surface area contributed by atoms with Crippen LogP contribution in [0.4, 0.5) is 0 Å². The van der Waals surface area contributed by atoms with Gasteiger partial charge in [-0.15, -0.1) is 0 Å². The van der Waals surface area contributed by atoms with Gasteiger partial charge in [0.25, 0.3) is 7.82 Å². The lowest BCUT2D eigenvalue weighted by molar-refractivity contribution is -0.870. The first kappa shape index (κ1) is 87.0. The normalized spacial score (nSPS) is 13.7. The molecule has 0 aliphatic rings. The van der Waals surface area contributed by atoms with E-state index in [2.05, 4.69) is 62.5 Å². The van der Waals surface area contributed by atoms with Crippen molar-refractivity contribution in [2.45, 2.75) is 405 Å². The molecule has 9 nitrogen and oxygen atoms in total. The van der Waals surface area contributed by atoms with Crippen LogP contribution in [0.15, 0.2) is 48.6 Å². The first-order valence-corrected chi connectivity index (χ1v) is 40.4. The molecule has 3 atom stereocenters. The van der Waals surface area contributed by atoms with Crippen LogP contribution in [-0.2, 0) is 27.9 Å². The molecule has 0 aromatic heterocycles. The minimum atomic E-state index is -4.71. The third-order valence-corrected chi connectivity index (χ3v) is 18.7. The van der Waals surface area contributed by atoms with Crippen LogP contribution in [0.25, 0.3) is 0 Å². The van der Waals surface area contributed by atoms with E-state index in [0.29, 0.717) is 17.4 Å². The summed E-state index contributed by atoms with van der Waals surface area (Å²) in [7, 11) is 1.20. The van der Waals surface area contributed by atoms with E-state index in [4.69, 9.17) is 13.8 Å². The molecule has 524 valence electrons. The number of quaternary nitrogens is 1. The fourth-order valence-electron chi connectivity index (χ4n) is 11.8. The number of amides is 1. The van der Waals surface area contributed by atoms with Crippen molar-refractivity contribution in [2.24, 2.45) is 0 Å². The van der Waals surface area contributed by atoms with E-state index in [9.17, 15) is 19.0 Å². The number of likely N-dealkylation sites (N-methyl/N-ethyl adjacent to an activating group) is 1. The molecular formula is C79H151N2O7P. The van der Waals surface area contributed by atoms with Crippen LogP contribution in [0.5, 0.6) is 0 Å². The molecule has 0 aromatic carbocycles. The summed E-state index contributed by atoms with van der Waals surface area (Å²) < 4.78 is 30.6. The highest BCUT2D eigenvalue weighted by molar-refractivity contribution is 7.45. The van der Waals surface area contributed by atoms with Crippen LogP contribution in [0, 0.1) is 0 Å². The SMILES string of the molecule is CCCCC/C=C\C/C=C\C/C=C\CCCCCCCCCCCCCCC(=O)OC(/C=C/CCCCCCCCCCCCC)C(COP(=O)([O-])OCC[N+](C)(C)C)NC(=O)CCCCCCCCCCCCCCCCCCCCCCCCCCC. The van der Waals surface area contributed by atoms with Gasteiger partial charge < -0.3 is 28.5 Å². The Morgan fingerprint density at radius 2 is 0.685 bits per heavy atom. The second kappa shape index (κ2) is 68.8. The van der Waals surface area contributed by atoms with Gasteiger partial charge in [0, 0.05) is 12.8 Å². The highest BCUT2D eigenvalue weighted by Gasteiger charge is 2.27. The van der Waals surface area contributed by atoms with Crippen LogP contribution in [0.2, 0.25) is 0 Å². The van der Waals surface area contributed by atoms with Gasteiger partial charge in [-0.2, -0.15) is 0 Å². The monoisotopic (exact) mass is 1270 g/mol. The summed E-state index contributed by atoms with van der Waals surface area (Å²) >= 11 is 0. The van der Waals surface area contributed by atoms with Crippen LogP contribution >= 0.6 is 7.82 Å². The molecule has 0 aromatic rings. The molecule has 0 aliphatic heterocycles. The van der Waals surface area contributed by atoms with Crippen LogP contribution in [0.3, 0.4) is 0 Å². The lowest BCUT2D eigenvalue weighted by atomic mass is 10.0. The lowest BCUT2D eigenvalue weighted by Crippen LogP contribution is -2.47. The van der Waals surface area contributed by atoms with E-state index in [1.807, 2.05) is 33.3 Å². The van der Waals surface area contributed by atoms with Crippen molar-refractivity contribution in [3.63, 3.8) is 0 Å². The molecule has 0 fully saturated rings. The van der Waals surface area contributed by atoms with E-state index in [-0.39, 0.29) is 31.5 Å². The molecule has 0 radical (unpaired) electrons. The zero-order chi connectivity index (χ0) is 64.9. The van der Waals surface area contributed by atoms with Crippen molar-refractivity contribution in [3.05, 3.63) is 48.6 Å². The molecule has 0 saturated carbocycles. The number of unbranched alkanes of at least 4 members (excludes halogenated alkanes) is 50. The number of ether oxygens (including phenoxy) is 1. The Labute approximate surface area is 554 Å². The van der Waals surface area contributed by atoms with Crippen LogP contribution < -0.4 is 10.2 Å². The fraction of sp³-hybridized carbons (Fsp3) is 0.873. The number of phosphoric acid groups is 1. The quantitative estimate of drug-likeness (QED) is 0.0212. The second-order valence-corrected chi connectivity index (χ2v) is 29.3. The van der Waals surface area contributed by atoms with E-state index < -0.39 is 20.0 Å². The van der Waals surface area contributed by atoms with E-state index in [1.54, 1.807) is 0 Å². The number of nitrogens with zero attached hydrogens (tertiary/aromatic N) is 1. The largest absolute Gasteiger partial charge is 0.756 e. The van der Waals surface area contributed by atoms with Gasteiger partial charge in [-0.3, -0.25) is 14.2 Å². The Balaban J connectivity index is 4.98. The molecule has 0 rings (SSSR count). The number of phosphoric ester groups is 1. The van der Waals surface area contributed by atoms with Crippen LogP contribution in [-0.4, -0.2) is 69.4 Å². The molecule has 3 unspecified atom stereocenters. The van der Waals surface area contributed by atoms with Crippen molar-refractivity contribution < 1.29 is 37.3 Å². The zero-order valence-corrected chi connectivity index (χ0v) is 61.1. The molecule has 1 amide bonds. The molecule has 10 heteroatoms. The number of carbonyl (C=O) groups is 2. The van der Waals surface area contributed by atoms with E-state index in [1.165, 1.54) is 289 Å². The highest BCUT2D eigenvalue weighted by Crippen LogP contribution is 2.38. The Bertz CT molecular complexity index is 1660. The number of rotatable bonds is 72. The Hall–Kier alpha value is -2.03. The van der Waals surface area contributed by atoms with Crippen LogP contribution in [0.1, 0.15) is 393 Å². The van der Waals surface area contributed by atoms with Gasteiger partial charge in [0.15, 0.2) is 0 Å². The summed E-state index contributed by atoms with van der Waals surface area (Å²) in [6, 6.07) is -0.888. The molecule has 89 heavy (non-hydrogen) atoms. The van der Waals surface area contributed by atoms with E-state index in [0.717, 1.165) is 70.6 Å². The fourth-order valence-corrected chi connectivity index (χ4v) is 12.5. The third kappa shape index (κ3) is 70.1. The number of nitrogens with one attached hydrogen (secondary N) is 1. The zero-order valence-electron chi connectivity index (χ0n) is 60.2. The maximum atomic E-state index is 13.6. The van der Waals surface area contributed by atoms with Gasteiger partial charge in [0.2, 0.25) is 5.91 Å². The molecule has 0 heterocycles. The van der Waals surface area contributed by atoms with Gasteiger partial charge in [-0.1, -0.05) is 359 Å². The molecular weight excluding hydrogens is 1120 g/mol. The molecule has 0 bridgehead atoms. The lowest BCUT2D eigenvalue weighted by Gasteiger charge is -2.30. The third-order valence-electron chi connectivity index (χ3n) is 17.8. The average molecular weight is 1270 g/mol. The summed E-state index contributed by atoms with van der Waals surface area (Å²) in [5, 5.41) is 3.06. The summed E-state index contributed by atoms with van der Waals surface area (Å²) in [6.07, 6.45) is 88.2. The predicted molar refractivity (Wildman–Crippen MR) is 386 cm³/mol. The number of carbonyl (C=O) groups excluding carboxylic acids is 2. The molecule has 1 N–H and O–H groups in total. The molecule has 0 aliphatic carbocycles. The summed E-state index contributed by atoms with van der Waals surface area (Å²) in [4.78, 5) is 40.3. The average Bonchev–Trinajstić information content (AvgIpc) is 3.54. The van der Waals surface area contributed by atoms with Crippen molar-refractivity contribution in [2.75, 3.05) is 40.9 Å². The number of esters is 1. The first-order valence-electron chi connectivity index (χ1n) is 38.9. The number of hydrogen-bond donors (Lipinski definition) is 1. The van der Waals surface area contributed by atoms with Gasteiger partial charge >= 0.3 is 5.97 Å². The standard InChI is InChI=1S/C79H151N2O7P/c1-7-10-13-16-19-22-25-28-30-32-34-36-38-40-42-44-46-48-50-53-56-59-62-65-68-71-78(82)80-76(75-87-89(84,85)86-74-73-81(4,5)6)77(70-67-64-61-58-55-52-27-24-21-18-15-12-9-3)88-79(83)72-69-66-63-60-57-54-51-49-47-45-43-41-39-37-35-33-31-29-26-23-20-17-14-11-8-2/h20,23,29,31,35,37,67,70,76-77H,7-19,21-22,24-28,30,32-34,36,38-66,68-69,71-75H2,1-6H3,(H-,80,82,84,85)/b23-20-,31-29-,37-35-,70-67+. The minimum Gasteiger partial charge on any atom is -0.756 e. The molecule has 0 spiro atoms. The van der Waals surface area contributed by atoms with Crippen molar-refractivity contribution >= 4 is 19.7 Å². The Kier molecular flexibility index (Phi) is 67.2. The summed E-state index contributed by atoms with van der Waals surface area (Å²) in [5.74, 6) is -0.521. The smallest absolute Gasteiger partial charge is 0.306 e. The second-order valence-electron chi connectivity index (χ2n) is 27.9.